The molecule has 0 aromatic heterocycles. The molecule has 0 heterocycles. The SMILES string of the molecule is Cl.NC(=O)C(N)CO. The molecule has 0 aromatic carbocycles. The first kappa shape index (κ1) is 10.6. The second-order valence-corrected chi connectivity index (χ2v) is 1.19. The van der Waals surface area contributed by atoms with Gasteiger partial charge in [-0.05, 0) is 0 Å². The van der Waals surface area contributed by atoms with Crippen molar-refractivity contribution in [3.05, 3.63) is 0 Å². The first-order chi connectivity index (χ1) is 3.18. The molecule has 0 fully saturated rings. The summed E-state index contributed by atoms with van der Waals surface area (Å²) < 4.78 is 0. The van der Waals surface area contributed by atoms with Crippen molar-refractivity contribution >= 4 is 18.3 Å². The Hall–Kier alpha value is -0.320. The zero-order chi connectivity index (χ0) is 5.86. The number of primary amides is 1. The smallest absolute Gasteiger partial charge is 0.236 e. The predicted octanol–water partition coefficient (Wildman–Crippen LogP) is -1.79. The van der Waals surface area contributed by atoms with E-state index in [0.29, 0.717) is 0 Å². The number of carbonyl (C=O) groups is 1. The molecule has 1 unspecified atom stereocenters. The number of hydrogen-bond donors (Lipinski definition) is 3. The Morgan fingerprint density at radius 2 is 2.12 bits per heavy atom. The van der Waals surface area contributed by atoms with Gasteiger partial charge < -0.3 is 16.6 Å². The fourth-order valence-corrected chi connectivity index (χ4v) is 0.0900. The first-order valence-corrected chi connectivity index (χ1v) is 1.84. The van der Waals surface area contributed by atoms with E-state index in [1.165, 1.54) is 0 Å². The molecule has 50 valence electrons. The lowest BCUT2D eigenvalue weighted by atomic mass is 10.3. The molecule has 8 heavy (non-hydrogen) atoms. The lowest BCUT2D eigenvalue weighted by molar-refractivity contribution is -0.119. The Kier molecular flexibility index (Phi) is 6.41. The molecule has 5 heteroatoms. The van der Waals surface area contributed by atoms with Gasteiger partial charge in [0.2, 0.25) is 5.91 Å². The maximum atomic E-state index is 9.87. The third-order valence-electron chi connectivity index (χ3n) is 0.562. The number of carbonyl (C=O) groups excluding carboxylic acids is 1. The highest BCUT2D eigenvalue weighted by atomic mass is 35.5. The van der Waals surface area contributed by atoms with Crippen LogP contribution in [0.25, 0.3) is 0 Å². The molecule has 0 saturated heterocycles. The largest absolute Gasteiger partial charge is 0.394 e. The third kappa shape index (κ3) is 3.86. The lowest BCUT2D eigenvalue weighted by Crippen LogP contribution is -2.39. The van der Waals surface area contributed by atoms with Gasteiger partial charge in [-0.1, -0.05) is 0 Å². The van der Waals surface area contributed by atoms with Crippen molar-refractivity contribution in [3.8, 4) is 0 Å². The predicted molar refractivity (Wildman–Crippen MR) is 31.5 cm³/mol. The van der Waals surface area contributed by atoms with E-state index in [9.17, 15) is 4.79 Å². The topological polar surface area (TPSA) is 89.3 Å². The van der Waals surface area contributed by atoms with Crippen LogP contribution in [0.5, 0.6) is 0 Å². The van der Waals surface area contributed by atoms with E-state index >= 15 is 0 Å². The van der Waals surface area contributed by atoms with Crippen molar-refractivity contribution in [2.45, 2.75) is 6.04 Å². The number of aliphatic hydroxyl groups excluding tert-OH is 1. The molecule has 0 spiro atoms. The Bertz CT molecular complexity index is 77.7. The highest BCUT2D eigenvalue weighted by molar-refractivity contribution is 5.85. The molecule has 5 N–H and O–H groups in total. The van der Waals surface area contributed by atoms with Crippen LogP contribution in [0.2, 0.25) is 0 Å². The van der Waals surface area contributed by atoms with Crippen molar-refractivity contribution in [3.63, 3.8) is 0 Å². The van der Waals surface area contributed by atoms with Gasteiger partial charge in [-0.15, -0.1) is 12.4 Å². The summed E-state index contributed by atoms with van der Waals surface area (Å²) in [5.41, 5.74) is 9.51. The monoisotopic (exact) mass is 140 g/mol. The zero-order valence-electron chi connectivity index (χ0n) is 4.20. The second kappa shape index (κ2) is 4.83. The average molecular weight is 141 g/mol. The summed E-state index contributed by atoms with van der Waals surface area (Å²) in [4.78, 5) is 9.87. The third-order valence-corrected chi connectivity index (χ3v) is 0.562. The minimum absolute atomic E-state index is 0. The molecule has 1 amide bonds. The van der Waals surface area contributed by atoms with Gasteiger partial charge >= 0.3 is 0 Å². The number of rotatable bonds is 2. The molecule has 0 aliphatic heterocycles. The number of nitrogens with two attached hydrogens (primary N) is 2. The van der Waals surface area contributed by atoms with Crippen LogP contribution in [0.1, 0.15) is 0 Å². The molecule has 0 bridgehead atoms. The van der Waals surface area contributed by atoms with Crippen molar-refractivity contribution in [1.82, 2.24) is 0 Å². The van der Waals surface area contributed by atoms with E-state index in [-0.39, 0.29) is 19.0 Å². The second-order valence-electron chi connectivity index (χ2n) is 1.19. The Labute approximate surface area is 53.3 Å². The van der Waals surface area contributed by atoms with E-state index in [0.717, 1.165) is 0 Å². The van der Waals surface area contributed by atoms with Crippen molar-refractivity contribution in [2.24, 2.45) is 11.5 Å². The average Bonchev–Trinajstić information content (AvgIpc) is 1.65. The standard InChI is InChI=1S/C3H8N2O2.ClH/c4-2(1-6)3(5)7;/h2,6H,1,4H2,(H2,5,7);1H. The van der Waals surface area contributed by atoms with E-state index in [2.05, 4.69) is 5.73 Å². The molecule has 1 atom stereocenters. The summed E-state index contributed by atoms with van der Waals surface area (Å²) in [7, 11) is 0. The van der Waals surface area contributed by atoms with Gasteiger partial charge in [0.05, 0.1) is 6.61 Å². The lowest BCUT2D eigenvalue weighted by Gasteiger charge is -1.97. The van der Waals surface area contributed by atoms with Gasteiger partial charge in [-0.3, -0.25) is 4.79 Å². The van der Waals surface area contributed by atoms with Gasteiger partial charge in [-0.25, -0.2) is 0 Å². The van der Waals surface area contributed by atoms with E-state index in [4.69, 9.17) is 10.8 Å². The summed E-state index contributed by atoms with van der Waals surface area (Å²) >= 11 is 0. The quantitative estimate of drug-likeness (QED) is 0.423. The normalized spacial score (nSPS) is 11.8. The van der Waals surface area contributed by atoms with Gasteiger partial charge in [0.25, 0.3) is 0 Å². The van der Waals surface area contributed by atoms with Crippen molar-refractivity contribution < 1.29 is 9.90 Å². The maximum absolute atomic E-state index is 9.87. The van der Waals surface area contributed by atoms with Gasteiger partial charge in [-0.2, -0.15) is 0 Å². The molecular formula is C3H9ClN2O2. The summed E-state index contributed by atoms with van der Waals surface area (Å²) in [5.74, 6) is -0.678. The van der Waals surface area contributed by atoms with Crippen LogP contribution in [-0.4, -0.2) is 23.7 Å². The summed E-state index contributed by atoms with van der Waals surface area (Å²) in [5, 5.41) is 8.08. The molecule has 0 aliphatic rings. The highest BCUT2D eigenvalue weighted by Gasteiger charge is 2.04. The zero-order valence-corrected chi connectivity index (χ0v) is 5.02. The van der Waals surface area contributed by atoms with Gasteiger partial charge in [0.1, 0.15) is 6.04 Å². The van der Waals surface area contributed by atoms with Crippen LogP contribution in [0.4, 0.5) is 0 Å². The molecule has 4 nitrogen and oxygen atoms in total. The van der Waals surface area contributed by atoms with Crippen LogP contribution in [0.3, 0.4) is 0 Å². The number of aliphatic hydroxyl groups is 1. The molecule has 0 rings (SSSR count). The molecule has 0 saturated carbocycles. The number of halogens is 1. The number of hydrogen-bond acceptors (Lipinski definition) is 3. The van der Waals surface area contributed by atoms with E-state index in [1.54, 1.807) is 0 Å². The Balaban J connectivity index is 0. The fourth-order valence-electron chi connectivity index (χ4n) is 0.0900. The van der Waals surface area contributed by atoms with E-state index in [1.807, 2.05) is 0 Å². The fraction of sp³-hybridized carbons (Fsp3) is 0.667. The van der Waals surface area contributed by atoms with Crippen LogP contribution < -0.4 is 11.5 Å². The van der Waals surface area contributed by atoms with Crippen LogP contribution >= 0.6 is 12.4 Å². The molecule has 0 aliphatic carbocycles. The molecule has 0 radical (unpaired) electrons. The van der Waals surface area contributed by atoms with Crippen LogP contribution in [0, 0.1) is 0 Å². The summed E-state index contributed by atoms with van der Waals surface area (Å²) in [6.07, 6.45) is 0. The van der Waals surface area contributed by atoms with Gasteiger partial charge in [0, 0.05) is 0 Å². The molecule has 0 aromatic rings. The highest BCUT2D eigenvalue weighted by Crippen LogP contribution is 1.67. The first-order valence-electron chi connectivity index (χ1n) is 1.84. The minimum atomic E-state index is -0.903. The van der Waals surface area contributed by atoms with Crippen LogP contribution in [0.15, 0.2) is 0 Å². The van der Waals surface area contributed by atoms with Crippen molar-refractivity contribution in [1.29, 1.82) is 0 Å². The Morgan fingerprint density at radius 1 is 1.75 bits per heavy atom. The van der Waals surface area contributed by atoms with Gasteiger partial charge in [0.15, 0.2) is 0 Å². The molecular weight excluding hydrogens is 131 g/mol. The Morgan fingerprint density at radius 3 is 2.12 bits per heavy atom. The van der Waals surface area contributed by atoms with Crippen molar-refractivity contribution in [2.75, 3.05) is 6.61 Å². The maximum Gasteiger partial charge on any atom is 0.236 e. The van der Waals surface area contributed by atoms with Crippen LogP contribution in [-0.2, 0) is 4.79 Å². The minimum Gasteiger partial charge on any atom is -0.394 e. The number of amides is 1. The summed E-state index contributed by atoms with van der Waals surface area (Å²) in [6, 6.07) is -0.903. The van der Waals surface area contributed by atoms with E-state index < -0.39 is 11.9 Å². The summed E-state index contributed by atoms with van der Waals surface area (Å²) in [6.45, 7) is -0.380.